The van der Waals surface area contributed by atoms with Crippen molar-refractivity contribution in [3.05, 3.63) is 121 Å². The number of ether oxygens (including phenoxy) is 2. The van der Waals surface area contributed by atoms with Gasteiger partial charge in [-0.3, -0.25) is 14.4 Å². The fraction of sp³-hybridized carbons (Fsp3) is 0.405. The van der Waals surface area contributed by atoms with E-state index in [2.05, 4.69) is 13.2 Å². The summed E-state index contributed by atoms with van der Waals surface area (Å²) in [5, 5.41) is 10.9. The van der Waals surface area contributed by atoms with E-state index in [0.717, 1.165) is 11.1 Å². The molecule has 6 rings (SSSR count). The van der Waals surface area contributed by atoms with Crippen molar-refractivity contribution < 1.29 is 29.0 Å². The Labute approximate surface area is 301 Å². The Hall–Kier alpha value is -4.73. The third-order valence-electron chi connectivity index (χ3n) is 11.1. The molecule has 51 heavy (non-hydrogen) atoms. The molecule has 3 unspecified atom stereocenters. The molecule has 3 aromatic carbocycles. The first-order valence-corrected chi connectivity index (χ1v) is 17.9. The smallest absolute Gasteiger partial charge is 0.249 e. The van der Waals surface area contributed by atoms with Crippen molar-refractivity contribution in [3.63, 3.8) is 0 Å². The predicted octanol–water partition coefficient (Wildman–Crippen LogP) is 5.43. The minimum Gasteiger partial charge on any atom is -0.494 e. The topological polar surface area (TPSA) is 99.6 Å². The molecule has 2 bridgehead atoms. The van der Waals surface area contributed by atoms with Crippen molar-refractivity contribution in [3.8, 4) is 5.75 Å². The highest BCUT2D eigenvalue weighted by Crippen LogP contribution is 2.66. The normalized spacial score (nSPS) is 26.7. The van der Waals surface area contributed by atoms with Gasteiger partial charge in [0, 0.05) is 25.3 Å². The molecule has 0 aliphatic carbocycles. The second-order valence-electron chi connectivity index (χ2n) is 14.1. The summed E-state index contributed by atoms with van der Waals surface area (Å²) in [5.41, 5.74) is 0.179. The zero-order valence-corrected chi connectivity index (χ0v) is 29.8. The fourth-order valence-electron chi connectivity index (χ4n) is 8.74. The van der Waals surface area contributed by atoms with Gasteiger partial charge in [0.1, 0.15) is 17.4 Å². The van der Waals surface area contributed by atoms with Crippen LogP contribution in [0.25, 0.3) is 0 Å². The van der Waals surface area contributed by atoms with E-state index in [9.17, 15) is 5.11 Å². The average Bonchev–Trinajstić information content (AvgIpc) is 3.66. The van der Waals surface area contributed by atoms with E-state index in [1.54, 1.807) is 26.9 Å². The van der Waals surface area contributed by atoms with Crippen LogP contribution in [0.2, 0.25) is 0 Å². The predicted molar refractivity (Wildman–Crippen MR) is 197 cm³/mol. The SMILES string of the molecule is C=CCN(Cc1ccccc1)C(=O)C1N([C@@H](CO)Cc2ccccc2)C(=O)[C@@H]2[C@H](C(=O)N(CC=C)c3ccc(OCC)cc3)[C@@]3(C)OC12CC3C. The molecular weight excluding hydrogens is 642 g/mol. The van der Waals surface area contributed by atoms with E-state index >= 15 is 14.4 Å². The number of nitrogens with zero attached hydrogens (tertiary/aromatic N) is 3. The minimum atomic E-state index is -1.29. The summed E-state index contributed by atoms with van der Waals surface area (Å²) in [6.07, 6.45) is 4.09. The molecule has 3 heterocycles. The van der Waals surface area contributed by atoms with Gasteiger partial charge in [-0.2, -0.15) is 0 Å². The van der Waals surface area contributed by atoms with Gasteiger partial charge in [0.25, 0.3) is 0 Å². The van der Waals surface area contributed by atoms with Gasteiger partial charge in [-0.15, -0.1) is 13.2 Å². The second-order valence-corrected chi connectivity index (χ2v) is 14.1. The van der Waals surface area contributed by atoms with Crippen LogP contribution in [0, 0.1) is 17.8 Å². The van der Waals surface area contributed by atoms with E-state index in [4.69, 9.17) is 9.47 Å². The molecule has 3 saturated heterocycles. The van der Waals surface area contributed by atoms with Crippen LogP contribution >= 0.6 is 0 Å². The fourth-order valence-corrected chi connectivity index (χ4v) is 8.74. The van der Waals surface area contributed by atoms with Crippen molar-refractivity contribution >= 4 is 23.4 Å². The monoisotopic (exact) mass is 691 g/mol. The summed E-state index contributed by atoms with van der Waals surface area (Å²) >= 11 is 0. The van der Waals surface area contributed by atoms with Crippen LogP contribution in [-0.2, 0) is 32.1 Å². The molecule has 3 aromatic rings. The van der Waals surface area contributed by atoms with E-state index in [-0.39, 0.29) is 43.3 Å². The first-order valence-electron chi connectivity index (χ1n) is 17.9. The number of hydrogen-bond acceptors (Lipinski definition) is 6. The second kappa shape index (κ2) is 14.9. The molecule has 3 aliphatic rings. The van der Waals surface area contributed by atoms with Crippen LogP contribution in [-0.4, -0.2) is 82.2 Å². The van der Waals surface area contributed by atoms with Gasteiger partial charge in [-0.05, 0) is 68.0 Å². The van der Waals surface area contributed by atoms with Crippen molar-refractivity contribution in [1.29, 1.82) is 0 Å². The molecule has 3 amide bonds. The number of aliphatic hydroxyl groups is 1. The zero-order chi connectivity index (χ0) is 36.3. The van der Waals surface area contributed by atoms with Crippen molar-refractivity contribution in [1.82, 2.24) is 9.80 Å². The van der Waals surface area contributed by atoms with Crippen LogP contribution in [0.1, 0.15) is 38.3 Å². The molecule has 9 heteroatoms. The van der Waals surface area contributed by atoms with E-state index in [1.807, 2.05) is 106 Å². The number of anilines is 1. The molecule has 9 nitrogen and oxygen atoms in total. The van der Waals surface area contributed by atoms with Crippen molar-refractivity contribution in [2.45, 2.75) is 63.4 Å². The zero-order valence-electron chi connectivity index (χ0n) is 29.8. The molecule has 3 fully saturated rings. The maximum atomic E-state index is 15.1. The highest BCUT2D eigenvalue weighted by molar-refractivity contribution is 6.03. The lowest BCUT2D eigenvalue weighted by Crippen LogP contribution is -2.59. The molecule has 7 atom stereocenters. The summed E-state index contributed by atoms with van der Waals surface area (Å²) in [6, 6.07) is 24.8. The van der Waals surface area contributed by atoms with Gasteiger partial charge in [-0.25, -0.2) is 0 Å². The Morgan fingerprint density at radius 3 is 2.20 bits per heavy atom. The highest BCUT2D eigenvalue weighted by Gasteiger charge is 2.80. The maximum absolute atomic E-state index is 15.1. The minimum absolute atomic E-state index is 0.152. The summed E-state index contributed by atoms with van der Waals surface area (Å²) in [7, 11) is 0. The van der Waals surface area contributed by atoms with Crippen LogP contribution in [0.3, 0.4) is 0 Å². The molecule has 268 valence electrons. The first kappa shape index (κ1) is 36.1. The third kappa shape index (κ3) is 6.38. The average molecular weight is 692 g/mol. The summed E-state index contributed by atoms with van der Waals surface area (Å²) in [4.78, 5) is 50.2. The van der Waals surface area contributed by atoms with Gasteiger partial charge in [0.05, 0.1) is 36.7 Å². The lowest BCUT2D eigenvalue weighted by Gasteiger charge is -2.39. The summed E-state index contributed by atoms with van der Waals surface area (Å²) in [6.45, 7) is 14.6. The molecule has 3 aliphatic heterocycles. The van der Waals surface area contributed by atoms with Gasteiger partial charge >= 0.3 is 0 Å². The maximum Gasteiger partial charge on any atom is 0.249 e. The molecule has 0 aromatic heterocycles. The molecule has 1 spiro atoms. The molecule has 1 N–H and O–H groups in total. The Balaban J connectivity index is 1.45. The number of fused-ring (bicyclic) bond motifs is 1. The van der Waals surface area contributed by atoms with E-state index in [1.165, 1.54) is 0 Å². The van der Waals surface area contributed by atoms with Crippen molar-refractivity contribution in [2.24, 2.45) is 17.8 Å². The highest BCUT2D eigenvalue weighted by atomic mass is 16.5. The first-order chi connectivity index (χ1) is 24.6. The number of aliphatic hydroxyl groups excluding tert-OH is 1. The van der Waals surface area contributed by atoms with Gasteiger partial charge in [0.2, 0.25) is 17.7 Å². The standard InChI is InChI=1S/C42H49N3O6/c1-6-23-43(27-31-17-13-10-14-18-31)40(49)37-42-26-29(4)41(5,51-42)35(38(47)44(24-7-2)32-19-21-34(22-20-32)50-8-3)36(42)39(48)45(37)33(28-46)25-30-15-11-9-12-16-30/h6-7,9-22,29,33,35-37,46H,1-2,8,23-28H2,3-5H3/t29?,33-,35-,36+,37?,41+,42?/m1/s1. The van der Waals surface area contributed by atoms with Crippen LogP contribution in [0.15, 0.2) is 110 Å². The Morgan fingerprint density at radius 1 is 0.980 bits per heavy atom. The number of benzene rings is 3. The number of rotatable bonds is 15. The van der Waals surface area contributed by atoms with Gasteiger partial charge in [-0.1, -0.05) is 79.7 Å². The quantitative estimate of drug-likeness (QED) is 0.214. The molecule has 0 saturated carbocycles. The Kier molecular flexibility index (Phi) is 10.5. The Morgan fingerprint density at radius 2 is 1.61 bits per heavy atom. The number of amides is 3. The van der Waals surface area contributed by atoms with Crippen LogP contribution in [0.4, 0.5) is 5.69 Å². The lowest BCUT2D eigenvalue weighted by atomic mass is 9.62. The van der Waals surface area contributed by atoms with Crippen LogP contribution in [0.5, 0.6) is 5.75 Å². The Bertz CT molecular complexity index is 1730. The number of likely N-dealkylation sites (tertiary alicyclic amines) is 1. The number of carbonyl (C=O) groups is 3. The molecular formula is C42H49N3O6. The summed E-state index contributed by atoms with van der Waals surface area (Å²) in [5.74, 6) is -2.20. The third-order valence-corrected chi connectivity index (χ3v) is 11.1. The number of carbonyl (C=O) groups excluding carboxylic acids is 3. The lowest BCUT2D eigenvalue weighted by molar-refractivity contribution is -0.155. The largest absolute Gasteiger partial charge is 0.494 e. The number of hydrogen-bond donors (Lipinski definition) is 1. The van der Waals surface area contributed by atoms with Crippen molar-refractivity contribution in [2.75, 3.05) is 31.2 Å². The molecule has 0 radical (unpaired) electrons. The van der Waals surface area contributed by atoms with E-state index in [0.29, 0.717) is 37.4 Å². The van der Waals surface area contributed by atoms with E-state index < -0.39 is 35.1 Å². The van der Waals surface area contributed by atoms with Gasteiger partial charge in [0.15, 0.2) is 0 Å². The summed E-state index contributed by atoms with van der Waals surface area (Å²) < 4.78 is 12.7. The van der Waals surface area contributed by atoms with Crippen LogP contribution < -0.4 is 9.64 Å². The van der Waals surface area contributed by atoms with Gasteiger partial charge < -0.3 is 29.3 Å².